The topological polar surface area (TPSA) is 74.0 Å². The Morgan fingerprint density at radius 3 is 2.83 bits per heavy atom. The Bertz CT molecular complexity index is 1540. The zero-order chi connectivity index (χ0) is 40.3. The number of rotatable bonds is 7. The van der Waals surface area contributed by atoms with E-state index in [4.69, 9.17) is 47.4 Å². The highest BCUT2D eigenvalue weighted by Gasteiger charge is 2.41. The molecule has 2 aliphatic heterocycles. The first-order valence-electron chi connectivity index (χ1n) is 19.5. The van der Waals surface area contributed by atoms with E-state index in [0.717, 1.165) is 14.2 Å². The van der Waals surface area contributed by atoms with Crippen molar-refractivity contribution in [1.82, 2.24) is 4.90 Å². The monoisotopic (exact) mass is 439 g/mol. The number of carbonyl (C=O) groups excluding carboxylic acids is 1. The first-order chi connectivity index (χ1) is 22.4. The van der Waals surface area contributed by atoms with Gasteiger partial charge in [-0.05, 0) is 47.7 Å². The van der Waals surface area contributed by atoms with Gasteiger partial charge >= 0.3 is 5.97 Å². The molecule has 0 radical (unpaired) electrons. The van der Waals surface area contributed by atoms with Gasteiger partial charge in [0.15, 0.2) is 11.5 Å². The zero-order valence-corrected chi connectivity index (χ0v) is 16.7. The van der Waals surface area contributed by atoms with Gasteiger partial charge in [0.25, 0.3) is 0 Å². The molecule has 4 unspecified atom stereocenters. The van der Waals surface area contributed by atoms with Gasteiger partial charge in [0.2, 0.25) is 0 Å². The lowest BCUT2D eigenvalue weighted by Gasteiger charge is -2.47. The predicted molar refractivity (Wildman–Crippen MR) is 118 cm³/mol. The number of piperidine rings is 1. The zero-order valence-electron chi connectivity index (χ0n) is 37.7. The van der Waals surface area contributed by atoms with Gasteiger partial charge in [-0.3, -0.25) is 9.69 Å². The first-order valence-corrected chi connectivity index (χ1v) is 8.96. The number of benzene rings is 1. The van der Waals surface area contributed by atoms with Crippen LogP contribution in [0.25, 0.3) is 0 Å². The number of methoxy groups -OCH3 is 2. The number of hydrogen-bond acceptors (Lipinski definition) is 6. The minimum atomic E-state index is -4.11. The Labute approximate surface area is 210 Å². The predicted octanol–water partition coefficient (Wildman–Crippen LogP) is 3.56. The third-order valence-corrected chi connectivity index (χ3v) is 4.64. The Morgan fingerprint density at radius 1 is 1.43 bits per heavy atom. The van der Waals surface area contributed by atoms with E-state index in [1.54, 1.807) is 0 Å². The molecule has 3 rings (SSSR count). The second-order valence-electron chi connectivity index (χ2n) is 6.67. The second kappa shape index (κ2) is 9.56. The summed E-state index contributed by atoms with van der Waals surface area (Å²) in [6, 6.07) is -8.53. The summed E-state index contributed by atoms with van der Waals surface area (Å²) in [6.07, 6.45) is -10.3. The smallest absolute Gasteiger partial charge is 0.323 e. The van der Waals surface area contributed by atoms with Crippen LogP contribution >= 0.6 is 0 Å². The standard InChI is InChI=1S/C24H38N2O4/c1-14(2)9-17-13-26-8-7-16-10-21(28-5)22(29-6)11-18(16)19(26)12-20(17)30-24(27)23(25)15(3)4/h10-11,14-15,17,19-20,23H,7-9,12-13,25H2,1-6H3/t17?,19?,20?,23-/m0/s1/i1D3,3D3,4D3,7D2,8D2,9D2,10D,11D,14D,15D,19D,23D/t14?,17?,19?,20?,23-. The van der Waals surface area contributed by atoms with Crippen molar-refractivity contribution in [3.63, 3.8) is 0 Å². The van der Waals surface area contributed by atoms with Crippen molar-refractivity contribution in [2.75, 3.05) is 27.3 Å². The summed E-state index contributed by atoms with van der Waals surface area (Å²) in [7, 11) is 2.10. The van der Waals surface area contributed by atoms with E-state index in [9.17, 15) is 6.17 Å². The van der Waals surface area contributed by atoms with Crippen LogP contribution in [0.1, 0.15) is 86.2 Å². The highest BCUT2D eigenvalue weighted by molar-refractivity contribution is 5.76. The fourth-order valence-corrected chi connectivity index (χ4v) is 3.25. The first kappa shape index (κ1) is 7.96. The molecule has 0 saturated carbocycles. The lowest BCUT2D eigenvalue weighted by atomic mass is 9.79. The van der Waals surface area contributed by atoms with Crippen molar-refractivity contribution in [3.05, 3.63) is 23.2 Å². The molecule has 6 nitrogen and oxygen atoms in total. The molecule has 2 heterocycles. The van der Waals surface area contributed by atoms with Crippen LogP contribution in [-0.4, -0.2) is 50.3 Å². The maximum Gasteiger partial charge on any atom is 0.323 e. The molecule has 168 valence electrons. The number of fused-ring (bicyclic) bond motifs is 3. The molecular weight excluding hydrogens is 380 g/mol. The van der Waals surface area contributed by atoms with Gasteiger partial charge in [0.1, 0.15) is 12.1 Å². The molecule has 1 fully saturated rings. The third-order valence-electron chi connectivity index (χ3n) is 4.64. The van der Waals surface area contributed by atoms with Crippen LogP contribution in [0.5, 0.6) is 11.5 Å². The van der Waals surface area contributed by atoms with Crippen LogP contribution in [0.15, 0.2) is 12.1 Å². The molecule has 1 saturated heterocycles. The molecule has 2 N–H and O–H groups in total. The SMILES string of the molecule is [2H]c1c(OC)c(OC)c([2H])c2c1C1([2H])CC(OC(=O)[C@@]([2H])(N)C([2H])(C([2H])([2H])[2H])C([2H])([2H])[2H])C(C([2H])([2H])C([2H])(C)C([2H])([2H])[2H])CN1C([2H])([2H])C2([2H])[2H]. The molecule has 0 amide bonds. The molecular formula is C24H38N2O4. The van der Waals surface area contributed by atoms with E-state index in [1.807, 2.05) is 0 Å². The second-order valence-corrected chi connectivity index (χ2v) is 6.67. The van der Waals surface area contributed by atoms with Gasteiger partial charge in [0.05, 0.1) is 19.7 Å². The summed E-state index contributed by atoms with van der Waals surface area (Å²) in [6.45, 7) is -15.4. The minimum absolute atomic E-state index is 0.407. The van der Waals surface area contributed by atoms with Gasteiger partial charge in [-0.1, -0.05) is 27.5 Å². The molecule has 1 aromatic rings. The highest BCUT2D eigenvalue weighted by atomic mass is 16.5. The molecule has 0 aliphatic carbocycles. The summed E-state index contributed by atoms with van der Waals surface area (Å²) in [4.78, 5) is 14.1. The van der Waals surface area contributed by atoms with Crippen molar-refractivity contribution >= 4 is 5.97 Å². The van der Waals surface area contributed by atoms with Crippen LogP contribution < -0.4 is 15.2 Å². The number of hydrogen-bond donors (Lipinski definition) is 1. The summed E-state index contributed by atoms with van der Waals surface area (Å²) >= 11 is 0. The van der Waals surface area contributed by atoms with Gasteiger partial charge in [-0.2, -0.15) is 0 Å². The molecule has 30 heavy (non-hydrogen) atoms. The summed E-state index contributed by atoms with van der Waals surface area (Å²) in [5.74, 6) is -12.8. The highest BCUT2D eigenvalue weighted by Crippen LogP contribution is 2.44. The molecule has 0 spiro atoms. The van der Waals surface area contributed by atoms with Gasteiger partial charge in [-0.25, -0.2) is 0 Å². The normalized spacial score (nSPS) is 46.1. The van der Waals surface area contributed by atoms with Gasteiger partial charge in [-0.15, -0.1) is 0 Å². The lowest BCUT2D eigenvalue weighted by Crippen LogP contribution is -2.51. The van der Waals surface area contributed by atoms with Crippen molar-refractivity contribution < 1.29 is 47.8 Å². The summed E-state index contributed by atoms with van der Waals surface area (Å²) < 4.78 is 191. The van der Waals surface area contributed by atoms with Crippen LogP contribution in [0.2, 0.25) is 0 Å². The number of ether oxygens (including phenoxy) is 3. The summed E-state index contributed by atoms with van der Waals surface area (Å²) in [5, 5.41) is 0. The van der Waals surface area contributed by atoms with Gasteiger partial charge < -0.3 is 19.9 Å². The fourth-order valence-electron chi connectivity index (χ4n) is 3.25. The molecule has 0 aromatic heterocycles. The minimum Gasteiger partial charge on any atom is -0.493 e. The van der Waals surface area contributed by atoms with E-state index in [1.165, 1.54) is 0 Å². The number of esters is 1. The molecule has 5 atom stereocenters. The van der Waals surface area contributed by atoms with Crippen molar-refractivity contribution in [3.8, 4) is 11.5 Å². The molecule has 6 heteroatoms. The molecule has 0 bridgehead atoms. The average molecular weight is 440 g/mol. The fraction of sp³-hybridized carbons (Fsp3) is 0.708. The number of carbonyl (C=O) groups is 1. The number of nitrogens with two attached hydrogens (primary N) is 1. The lowest BCUT2D eigenvalue weighted by molar-refractivity contribution is -0.160. The van der Waals surface area contributed by atoms with Crippen molar-refractivity contribution in [1.29, 1.82) is 0 Å². The van der Waals surface area contributed by atoms with Gasteiger partial charge in [0, 0.05) is 54.7 Å². The average Bonchev–Trinajstić information content (AvgIpc) is 2.93. The third kappa shape index (κ3) is 4.75. The largest absolute Gasteiger partial charge is 0.493 e. The van der Waals surface area contributed by atoms with Crippen LogP contribution in [0, 0.1) is 17.7 Å². The van der Waals surface area contributed by atoms with E-state index in [-0.39, 0.29) is 0 Å². The van der Waals surface area contributed by atoms with Crippen LogP contribution in [0.4, 0.5) is 0 Å². The van der Waals surface area contributed by atoms with E-state index in [0.29, 0.717) is 11.8 Å². The van der Waals surface area contributed by atoms with E-state index >= 15 is 0 Å². The van der Waals surface area contributed by atoms with Crippen LogP contribution in [0.3, 0.4) is 0 Å². The Balaban J connectivity index is 2.45. The van der Waals surface area contributed by atoms with E-state index in [2.05, 4.69) is 0 Å². The number of nitrogens with zero attached hydrogens (tertiary/aromatic N) is 1. The Morgan fingerprint density at radius 2 is 2.17 bits per heavy atom. The Kier molecular flexibility index (Phi) is 2.54. The van der Waals surface area contributed by atoms with E-state index < -0.39 is 129 Å². The van der Waals surface area contributed by atoms with Crippen molar-refractivity contribution in [2.45, 2.75) is 64.8 Å². The maximum atomic E-state index is 13.7. The van der Waals surface area contributed by atoms with Crippen LogP contribution in [-0.2, 0) is 15.9 Å². The molecule has 2 aliphatic rings. The van der Waals surface area contributed by atoms with Crippen molar-refractivity contribution in [2.24, 2.45) is 23.4 Å². The summed E-state index contributed by atoms with van der Waals surface area (Å²) in [5.41, 5.74) is 4.05. The Hall–Kier alpha value is -1.79. The molecule has 1 aromatic carbocycles. The maximum absolute atomic E-state index is 13.7. The quantitative estimate of drug-likeness (QED) is 0.655.